The van der Waals surface area contributed by atoms with Crippen LogP contribution in [0.3, 0.4) is 0 Å². The van der Waals surface area contributed by atoms with Crippen LogP contribution in [0.25, 0.3) is 0 Å². The molecule has 0 bridgehead atoms. The van der Waals surface area contributed by atoms with E-state index in [4.69, 9.17) is 16.2 Å². The maximum Gasteiger partial charge on any atom is 0.327 e. The highest BCUT2D eigenvalue weighted by atomic mass is 16.5. The minimum absolute atomic E-state index is 0.0108. The number of ether oxygens (including phenoxy) is 1. The first-order chi connectivity index (χ1) is 20.8. The average Bonchev–Trinajstić information content (AvgIpc) is 3.72. The Hall–Kier alpha value is -4.11. The Morgan fingerprint density at radius 3 is 2.68 bits per heavy atom. The smallest absolute Gasteiger partial charge is 0.327 e. The van der Waals surface area contributed by atoms with E-state index in [2.05, 4.69) is 34.5 Å². The van der Waals surface area contributed by atoms with Crippen LogP contribution < -0.4 is 26.8 Å². The number of carbonyl (C=O) groups excluding carboxylic acids is 3. The van der Waals surface area contributed by atoms with E-state index in [9.17, 15) is 24.6 Å². The van der Waals surface area contributed by atoms with Crippen LogP contribution in [-0.2, 0) is 10.2 Å². The van der Waals surface area contributed by atoms with Crippen LogP contribution in [0, 0.1) is 0 Å². The normalized spacial score (nSPS) is 32.0. The molecule has 1 spiro atoms. The SMILES string of the molecule is CC1(C)CCOc2c(C(=O)N[C@H]3CN4C(N)=NC(CN5C(=O)CN(C6CCCC6)C5=O)C5N=C(N)NC54C3(O)O)cccc21. The molecule has 1 aromatic rings. The van der Waals surface area contributed by atoms with Crippen molar-refractivity contribution < 1.29 is 29.3 Å². The summed E-state index contributed by atoms with van der Waals surface area (Å²) >= 11 is 0. The minimum Gasteiger partial charge on any atom is -0.492 e. The van der Waals surface area contributed by atoms with Crippen LogP contribution in [0.2, 0.25) is 0 Å². The van der Waals surface area contributed by atoms with Crippen LogP contribution in [0.1, 0.15) is 61.9 Å². The van der Waals surface area contributed by atoms with Crippen LogP contribution in [0.5, 0.6) is 5.75 Å². The summed E-state index contributed by atoms with van der Waals surface area (Å²) in [6.45, 7) is 4.30. The summed E-state index contributed by atoms with van der Waals surface area (Å²) < 4.78 is 5.91. The lowest BCUT2D eigenvalue weighted by Crippen LogP contribution is -2.78. The Balaban J connectivity index is 1.16. The number of guanidine groups is 2. The van der Waals surface area contributed by atoms with E-state index in [0.717, 1.165) is 42.6 Å². The van der Waals surface area contributed by atoms with Crippen molar-refractivity contribution in [2.24, 2.45) is 21.5 Å². The van der Waals surface area contributed by atoms with E-state index in [0.29, 0.717) is 12.4 Å². The second-order valence-corrected chi connectivity index (χ2v) is 13.3. The highest BCUT2D eigenvalue weighted by Crippen LogP contribution is 2.46. The number of aliphatic hydroxyl groups is 2. The Morgan fingerprint density at radius 1 is 1.18 bits per heavy atom. The number of nitrogens with zero attached hydrogens (tertiary/aromatic N) is 5. The fourth-order valence-electron chi connectivity index (χ4n) is 7.85. The van der Waals surface area contributed by atoms with Crippen molar-refractivity contribution in [1.82, 2.24) is 25.3 Å². The number of benzene rings is 1. The third-order valence-electron chi connectivity index (χ3n) is 10.3. The summed E-state index contributed by atoms with van der Waals surface area (Å²) in [4.78, 5) is 53.2. The molecular weight excluding hydrogens is 570 g/mol. The van der Waals surface area contributed by atoms with Crippen molar-refractivity contribution >= 4 is 29.8 Å². The van der Waals surface area contributed by atoms with Gasteiger partial charge in [0.05, 0.1) is 24.8 Å². The first-order valence-corrected chi connectivity index (χ1v) is 15.2. The van der Waals surface area contributed by atoms with Gasteiger partial charge in [-0.05, 0) is 30.7 Å². The second-order valence-electron chi connectivity index (χ2n) is 13.3. The Morgan fingerprint density at radius 2 is 1.93 bits per heavy atom. The lowest BCUT2D eigenvalue weighted by molar-refractivity contribution is -0.230. The molecule has 5 aliphatic heterocycles. The zero-order valence-electron chi connectivity index (χ0n) is 24.8. The molecule has 4 atom stereocenters. The molecule has 2 saturated heterocycles. The fourth-order valence-corrected chi connectivity index (χ4v) is 7.85. The molecule has 7 rings (SSSR count). The van der Waals surface area contributed by atoms with Crippen molar-refractivity contribution in [1.29, 1.82) is 0 Å². The van der Waals surface area contributed by atoms with Crippen LogP contribution in [-0.4, -0.2) is 117 Å². The van der Waals surface area contributed by atoms with Gasteiger partial charge in [0.25, 0.3) is 5.91 Å². The maximum absolute atomic E-state index is 13.7. The number of amides is 4. The second kappa shape index (κ2) is 9.69. The minimum atomic E-state index is -2.67. The van der Waals surface area contributed by atoms with Crippen molar-refractivity contribution in [2.75, 3.05) is 26.2 Å². The fraction of sp³-hybridized carbons (Fsp3) is 0.621. The van der Waals surface area contributed by atoms with E-state index in [1.165, 1.54) is 4.90 Å². The first kappa shape index (κ1) is 28.6. The quantitative estimate of drug-likeness (QED) is 0.172. The van der Waals surface area contributed by atoms with Gasteiger partial charge < -0.3 is 46.9 Å². The highest BCUT2D eigenvalue weighted by Gasteiger charge is 2.73. The molecule has 8 N–H and O–H groups in total. The summed E-state index contributed by atoms with van der Waals surface area (Å²) in [6, 6.07) is 1.71. The number of fused-ring (bicyclic) bond motifs is 1. The molecule has 0 radical (unpaired) electrons. The van der Waals surface area contributed by atoms with Gasteiger partial charge in [-0.3, -0.25) is 14.5 Å². The molecule has 4 amide bonds. The summed E-state index contributed by atoms with van der Waals surface area (Å²) in [7, 11) is 0. The molecule has 5 heterocycles. The zero-order chi connectivity index (χ0) is 31.2. The molecule has 0 aromatic heterocycles. The third kappa shape index (κ3) is 3.98. The molecule has 3 fully saturated rings. The number of nitrogens with one attached hydrogen (secondary N) is 2. The number of hydrogen-bond acceptors (Lipinski definition) is 12. The van der Waals surface area contributed by atoms with E-state index >= 15 is 0 Å². The molecular formula is C29H39N9O6. The monoisotopic (exact) mass is 609 g/mol. The number of imide groups is 1. The van der Waals surface area contributed by atoms with E-state index in [1.54, 1.807) is 17.0 Å². The van der Waals surface area contributed by atoms with E-state index in [1.807, 2.05) is 6.07 Å². The first-order valence-electron chi connectivity index (χ1n) is 15.2. The molecule has 15 nitrogen and oxygen atoms in total. The van der Waals surface area contributed by atoms with Crippen LogP contribution in [0.4, 0.5) is 4.79 Å². The van der Waals surface area contributed by atoms with Crippen molar-refractivity contribution in [2.45, 2.75) is 87.0 Å². The average molecular weight is 610 g/mol. The molecule has 3 unspecified atom stereocenters. The maximum atomic E-state index is 13.7. The van der Waals surface area contributed by atoms with Crippen molar-refractivity contribution in [3.05, 3.63) is 29.3 Å². The molecule has 6 aliphatic rings. The van der Waals surface area contributed by atoms with Gasteiger partial charge in [-0.15, -0.1) is 0 Å². The molecule has 1 saturated carbocycles. The highest BCUT2D eigenvalue weighted by molar-refractivity contribution is 6.02. The Labute approximate surface area is 254 Å². The molecule has 1 aromatic carbocycles. The number of urea groups is 1. The lowest BCUT2D eigenvalue weighted by Gasteiger charge is -2.49. The largest absolute Gasteiger partial charge is 0.492 e. The predicted molar refractivity (Wildman–Crippen MR) is 157 cm³/mol. The summed E-state index contributed by atoms with van der Waals surface area (Å²) in [5, 5.41) is 29.4. The van der Waals surface area contributed by atoms with Crippen molar-refractivity contribution in [3.63, 3.8) is 0 Å². The molecule has 236 valence electrons. The van der Waals surface area contributed by atoms with Crippen LogP contribution >= 0.6 is 0 Å². The summed E-state index contributed by atoms with van der Waals surface area (Å²) in [5.74, 6) is -3.27. The third-order valence-corrected chi connectivity index (χ3v) is 10.3. The number of hydrogen-bond donors (Lipinski definition) is 6. The van der Waals surface area contributed by atoms with Gasteiger partial charge in [0, 0.05) is 18.2 Å². The zero-order valence-corrected chi connectivity index (χ0v) is 24.8. The predicted octanol–water partition coefficient (Wildman–Crippen LogP) is -1.27. The van der Waals surface area contributed by atoms with Gasteiger partial charge >= 0.3 is 6.03 Å². The summed E-state index contributed by atoms with van der Waals surface area (Å²) in [6.07, 6.45) is 4.52. The Bertz CT molecular complexity index is 1490. The van der Waals surface area contributed by atoms with E-state index < -0.39 is 41.5 Å². The Kier molecular flexibility index (Phi) is 6.31. The van der Waals surface area contributed by atoms with Gasteiger partial charge in [0.1, 0.15) is 24.4 Å². The number of rotatable bonds is 5. The van der Waals surface area contributed by atoms with Gasteiger partial charge in [-0.2, -0.15) is 0 Å². The topological polar surface area (TPSA) is 211 Å². The molecule has 15 heteroatoms. The van der Waals surface area contributed by atoms with E-state index in [-0.39, 0.29) is 54.5 Å². The standard InChI is InChI=1S/C29H39N9O6/c1-27(2)10-11-44-21-16(8-5-9-17(21)27)23(40)33-19-13-38-25(31)32-18(22-28(38,29(19,42)43)35-24(30)34-22)12-37-20(39)14-36(26(37)41)15-6-3-4-7-15/h5,8-9,15,18-19,22,42-43H,3-4,6-7,10-14H2,1-2H3,(H2,31,32)(H,33,40)(H3,30,34,35)/t18?,19-,22?,28?/m0/s1. The van der Waals surface area contributed by atoms with Crippen molar-refractivity contribution in [3.8, 4) is 5.75 Å². The van der Waals surface area contributed by atoms with Gasteiger partial charge in [-0.25, -0.2) is 14.8 Å². The number of nitrogens with two attached hydrogens (primary N) is 2. The number of carbonyl (C=O) groups is 3. The van der Waals surface area contributed by atoms with Gasteiger partial charge in [-0.1, -0.05) is 38.8 Å². The lowest BCUT2D eigenvalue weighted by atomic mass is 9.79. The number of para-hydroxylation sites is 1. The summed E-state index contributed by atoms with van der Waals surface area (Å²) in [5.41, 5.74) is 11.7. The van der Waals surface area contributed by atoms with Gasteiger partial charge in [0.15, 0.2) is 17.6 Å². The van der Waals surface area contributed by atoms with Crippen LogP contribution in [0.15, 0.2) is 28.2 Å². The molecule has 1 aliphatic carbocycles. The number of aliphatic imine (C=N–C) groups is 2. The van der Waals surface area contributed by atoms with Gasteiger partial charge in [0.2, 0.25) is 11.7 Å². The molecule has 44 heavy (non-hydrogen) atoms.